The zero-order valence-electron chi connectivity index (χ0n) is 13.0. The van der Waals surface area contributed by atoms with Gasteiger partial charge in [-0.2, -0.15) is 0 Å². The molecule has 0 aromatic heterocycles. The van der Waals surface area contributed by atoms with Gasteiger partial charge in [0.1, 0.15) is 0 Å². The van der Waals surface area contributed by atoms with Crippen LogP contribution in [0, 0.1) is 0 Å². The number of hydrogen-bond acceptors (Lipinski definition) is 3. The van der Waals surface area contributed by atoms with Crippen molar-refractivity contribution in [1.82, 2.24) is 15.1 Å². The molecule has 2 bridgehead atoms. The molecule has 2 heterocycles. The zero-order valence-corrected chi connectivity index (χ0v) is 13.0. The molecule has 4 nitrogen and oxygen atoms in total. The second kappa shape index (κ2) is 6.16. The second-order valence-corrected chi connectivity index (χ2v) is 6.62. The highest BCUT2D eigenvalue weighted by molar-refractivity contribution is 5.94. The largest absolute Gasteiger partial charge is 0.337 e. The monoisotopic (exact) mass is 287 g/mol. The number of nitrogens with zero attached hydrogens (tertiary/aromatic N) is 2. The summed E-state index contributed by atoms with van der Waals surface area (Å²) in [4.78, 5) is 16.9. The minimum absolute atomic E-state index is 0.185. The average Bonchev–Trinajstić information content (AvgIpc) is 2.77. The quantitative estimate of drug-likeness (QED) is 0.919. The van der Waals surface area contributed by atoms with E-state index in [4.69, 9.17) is 0 Å². The summed E-state index contributed by atoms with van der Waals surface area (Å²) in [7, 11) is 4.09. The van der Waals surface area contributed by atoms with Crippen LogP contribution in [0.3, 0.4) is 0 Å². The van der Waals surface area contributed by atoms with E-state index in [2.05, 4.69) is 16.3 Å². The highest BCUT2D eigenvalue weighted by Gasteiger charge is 2.31. The lowest BCUT2D eigenvalue weighted by Crippen LogP contribution is -2.39. The van der Waals surface area contributed by atoms with E-state index < -0.39 is 0 Å². The number of carbonyl (C=O) groups is 1. The summed E-state index contributed by atoms with van der Waals surface area (Å²) in [6.45, 7) is 2.60. The van der Waals surface area contributed by atoms with Crippen molar-refractivity contribution in [3.8, 4) is 0 Å². The summed E-state index contributed by atoms with van der Waals surface area (Å²) >= 11 is 0. The number of rotatable bonds is 3. The van der Waals surface area contributed by atoms with E-state index in [0.717, 1.165) is 31.6 Å². The predicted molar refractivity (Wildman–Crippen MR) is 84.3 cm³/mol. The van der Waals surface area contributed by atoms with Gasteiger partial charge >= 0.3 is 0 Å². The Balaban J connectivity index is 1.72. The third kappa shape index (κ3) is 3.44. The van der Waals surface area contributed by atoms with Crippen molar-refractivity contribution in [2.24, 2.45) is 0 Å². The van der Waals surface area contributed by atoms with Gasteiger partial charge in [0.2, 0.25) is 0 Å². The molecule has 0 radical (unpaired) electrons. The lowest BCUT2D eigenvalue weighted by molar-refractivity contribution is 0.0748. The molecule has 0 aliphatic carbocycles. The molecule has 1 amide bonds. The van der Waals surface area contributed by atoms with Crippen molar-refractivity contribution < 1.29 is 4.79 Å². The maximum Gasteiger partial charge on any atom is 0.253 e. The lowest BCUT2D eigenvalue weighted by Gasteiger charge is -2.24. The van der Waals surface area contributed by atoms with E-state index in [0.29, 0.717) is 12.1 Å². The van der Waals surface area contributed by atoms with E-state index in [1.807, 2.05) is 37.2 Å². The van der Waals surface area contributed by atoms with E-state index in [1.165, 1.54) is 18.4 Å². The summed E-state index contributed by atoms with van der Waals surface area (Å²) in [5.41, 5.74) is 2.02. The Morgan fingerprint density at radius 2 is 2.10 bits per heavy atom. The molecule has 0 saturated carbocycles. The molecule has 2 unspecified atom stereocenters. The summed E-state index contributed by atoms with van der Waals surface area (Å²) in [5, 5.41) is 3.63. The van der Waals surface area contributed by atoms with Gasteiger partial charge in [-0.3, -0.25) is 4.79 Å². The van der Waals surface area contributed by atoms with Crippen LogP contribution in [0.2, 0.25) is 0 Å². The van der Waals surface area contributed by atoms with E-state index in [1.54, 1.807) is 0 Å². The van der Waals surface area contributed by atoms with Crippen molar-refractivity contribution in [3.63, 3.8) is 0 Å². The molecule has 2 aliphatic heterocycles. The molecule has 2 fully saturated rings. The number of hydrogen-bond donors (Lipinski definition) is 1. The van der Waals surface area contributed by atoms with Gasteiger partial charge in [0.25, 0.3) is 5.91 Å². The molecule has 1 N–H and O–H groups in total. The van der Waals surface area contributed by atoms with Crippen LogP contribution in [0.25, 0.3) is 0 Å². The van der Waals surface area contributed by atoms with Gasteiger partial charge < -0.3 is 15.1 Å². The first-order valence-electron chi connectivity index (χ1n) is 7.91. The Bertz CT molecular complexity index is 515. The highest BCUT2D eigenvalue weighted by Crippen LogP contribution is 2.21. The van der Waals surface area contributed by atoms with Gasteiger partial charge in [-0.1, -0.05) is 12.1 Å². The summed E-state index contributed by atoms with van der Waals surface area (Å²) in [6.07, 6.45) is 3.56. The zero-order chi connectivity index (χ0) is 14.8. The van der Waals surface area contributed by atoms with Gasteiger partial charge in [0.05, 0.1) is 0 Å². The Morgan fingerprint density at radius 1 is 1.29 bits per heavy atom. The molecule has 2 saturated heterocycles. The Hall–Kier alpha value is -1.39. The van der Waals surface area contributed by atoms with Crippen molar-refractivity contribution in [2.75, 3.05) is 27.2 Å². The van der Waals surface area contributed by atoms with Crippen molar-refractivity contribution in [2.45, 2.75) is 37.9 Å². The van der Waals surface area contributed by atoms with Crippen molar-refractivity contribution in [3.05, 3.63) is 35.4 Å². The van der Waals surface area contributed by atoms with E-state index >= 15 is 0 Å². The van der Waals surface area contributed by atoms with Crippen molar-refractivity contribution in [1.29, 1.82) is 0 Å². The van der Waals surface area contributed by atoms with Crippen LogP contribution < -0.4 is 5.32 Å². The van der Waals surface area contributed by atoms with Gasteiger partial charge in [0, 0.05) is 37.3 Å². The van der Waals surface area contributed by atoms with Gasteiger partial charge in [-0.25, -0.2) is 0 Å². The number of fused-ring (bicyclic) bond motifs is 2. The van der Waals surface area contributed by atoms with Crippen LogP contribution in [0.15, 0.2) is 24.3 Å². The highest BCUT2D eigenvalue weighted by atomic mass is 16.2. The SMILES string of the molecule is CN(C)Cc1cccc(C(=O)N2CCC3CCC(C2)N3)c1. The number of carbonyl (C=O) groups excluding carboxylic acids is 1. The maximum absolute atomic E-state index is 12.8. The van der Waals surface area contributed by atoms with Crippen LogP contribution >= 0.6 is 0 Å². The van der Waals surface area contributed by atoms with Crippen molar-refractivity contribution >= 4 is 5.91 Å². The third-order valence-electron chi connectivity index (χ3n) is 4.48. The summed E-state index contributed by atoms with van der Waals surface area (Å²) < 4.78 is 0. The Morgan fingerprint density at radius 3 is 2.90 bits per heavy atom. The molecule has 2 aliphatic rings. The number of likely N-dealkylation sites (tertiary alicyclic amines) is 1. The van der Waals surface area contributed by atoms with E-state index in [-0.39, 0.29) is 5.91 Å². The molecule has 1 aromatic carbocycles. The molecule has 2 atom stereocenters. The first kappa shape index (κ1) is 14.5. The lowest BCUT2D eigenvalue weighted by atomic mass is 10.1. The molecule has 4 heteroatoms. The molecule has 114 valence electrons. The van der Waals surface area contributed by atoms with Crippen LogP contribution in [0.4, 0.5) is 0 Å². The van der Waals surface area contributed by atoms with Crippen LogP contribution in [-0.4, -0.2) is 55.0 Å². The normalized spacial score (nSPS) is 25.2. The van der Waals surface area contributed by atoms with Crippen LogP contribution in [-0.2, 0) is 6.54 Å². The summed E-state index contributed by atoms with van der Waals surface area (Å²) in [6, 6.07) is 9.17. The molecular formula is C17H25N3O. The summed E-state index contributed by atoms with van der Waals surface area (Å²) in [5.74, 6) is 0.185. The minimum atomic E-state index is 0.185. The average molecular weight is 287 g/mol. The number of amides is 1. The Kier molecular flexibility index (Phi) is 4.27. The molecular weight excluding hydrogens is 262 g/mol. The minimum Gasteiger partial charge on any atom is -0.337 e. The van der Waals surface area contributed by atoms with Crippen LogP contribution in [0.1, 0.15) is 35.2 Å². The fraction of sp³-hybridized carbons (Fsp3) is 0.588. The Labute approximate surface area is 127 Å². The first-order valence-corrected chi connectivity index (χ1v) is 7.91. The van der Waals surface area contributed by atoms with Gasteiger partial charge in [-0.15, -0.1) is 0 Å². The number of benzene rings is 1. The third-order valence-corrected chi connectivity index (χ3v) is 4.48. The first-order chi connectivity index (χ1) is 10.1. The van der Waals surface area contributed by atoms with E-state index in [9.17, 15) is 4.79 Å². The molecule has 3 rings (SSSR count). The predicted octanol–water partition coefficient (Wildman–Crippen LogP) is 1.71. The van der Waals surface area contributed by atoms with Crippen LogP contribution in [0.5, 0.6) is 0 Å². The molecule has 21 heavy (non-hydrogen) atoms. The standard InChI is InChI=1S/C17H25N3O/c1-19(2)11-13-4-3-5-14(10-13)17(21)20-9-8-15-6-7-16(12-20)18-15/h3-5,10,15-16,18H,6-9,11-12H2,1-2H3. The fourth-order valence-electron chi connectivity index (χ4n) is 3.48. The maximum atomic E-state index is 12.8. The van der Waals surface area contributed by atoms with Gasteiger partial charge in [0.15, 0.2) is 0 Å². The second-order valence-electron chi connectivity index (χ2n) is 6.62. The van der Waals surface area contributed by atoms with Gasteiger partial charge in [-0.05, 0) is 51.1 Å². The fourth-order valence-corrected chi connectivity index (χ4v) is 3.48. The number of nitrogens with one attached hydrogen (secondary N) is 1. The smallest absolute Gasteiger partial charge is 0.253 e. The molecule has 0 spiro atoms. The molecule has 1 aromatic rings. The topological polar surface area (TPSA) is 35.6 Å².